The molecule has 1 saturated carbocycles. The van der Waals surface area contributed by atoms with Crippen LogP contribution >= 0.6 is 11.3 Å². The molecule has 0 aliphatic heterocycles. The molecule has 31 heavy (non-hydrogen) atoms. The molecule has 1 unspecified atom stereocenters. The van der Waals surface area contributed by atoms with Crippen molar-refractivity contribution in [2.45, 2.75) is 38.2 Å². The third kappa shape index (κ3) is 5.30. The number of fused-ring (bicyclic) bond motifs is 1. The molecule has 1 aromatic heterocycles. The molecular formula is C26H26O4S. The monoisotopic (exact) mass is 434 g/mol. The Kier molecular flexibility index (Phi) is 6.64. The summed E-state index contributed by atoms with van der Waals surface area (Å²) in [6.45, 7) is 0. The quantitative estimate of drug-likeness (QED) is 0.473. The topological polar surface area (TPSA) is 74.6 Å². The van der Waals surface area contributed by atoms with Crippen molar-refractivity contribution >= 4 is 33.2 Å². The number of rotatable bonds is 8. The van der Waals surface area contributed by atoms with Gasteiger partial charge < -0.3 is 10.2 Å². The highest BCUT2D eigenvalue weighted by molar-refractivity contribution is 7.17. The smallest absolute Gasteiger partial charge is 0.335 e. The Morgan fingerprint density at radius 3 is 2.68 bits per heavy atom. The lowest BCUT2D eigenvalue weighted by molar-refractivity contribution is -0.121. The normalized spacial score (nSPS) is 20.0. The SMILES string of the molecule is O=C(O)c1ccc(CC[C@H]2C(=O)CC[C@@H]2C=CC(O)Cc2ccc3ccsc3c2)cc1. The maximum absolute atomic E-state index is 12.4. The molecule has 2 aromatic carbocycles. The van der Waals surface area contributed by atoms with Crippen LogP contribution in [0.1, 0.15) is 40.7 Å². The first-order chi connectivity index (χ1) is 15.0. The largest absolute Gasteiger partial charge is 0.478 e. The molecule has 0 amide bonds. The second-order valence-corrected chi connectivity index (χ2v) is 9.21. The Balaban J connectivity index is 1.34. The number of allylic oxidation sites excluding steroid dienone is 1. The van der Waals surface area contributed by atoms with Crippen LogP contribution in [0.4, 0.5) is 0 Å². The molecule has 0 spiro atoms. The predicted molar refractivity (Wildman–Crippen MR) is 124 cm³/mol. The summed E-state index contributed by atoms with van der Waals surface area (Å²) in [6, 6.07) is 15.2. The number of hydrogen-bond donors (Lipinski definition) is 2. The fourth-order valence-electron chi connectivity index (χ4n) is 4.38. The Morgan fingerprint density at radius 2 is 1.90 bits per heavy atom. The van der Waals surface area contributed by atoms with Gasteiger partial charge in [-0.05, 0) is 71.3 Å². The summed E-state index contributed by atoms with van der Waals surface area (Å²) in [4.78, 5) is 23.4. The van der Waals surface area contributed by atoms with Crippen molar-refractivity contribution in [2.24, 2.45) is 11.8 Å². The molecule has 3 atom stereocenters. The third-order valence-electron chi connectivity index (χ3n) is 6.15. The van der Waals surface area contributed by atoms with Gasteiger partial charge >= 0.3 is 5.97 Å². The number of hydrogen-bond acceptors (Lipinski definition) is 4. The summed E-state index contributed by atoms with van der Waals surface area (Å²) < 4.78 is 1.23. The lowest BCUT2D eigenvalue weighted by Gasteiger charge is -2.16. The van der Waals surface area contributed by atoms with Gasteiger partial charge in [0.2, 0.25) is 0 Å². The van der Waals surface area contributed by atoms with Crippen LogP contribution in [0, 0.1) is 11.8 Å². The highest BCUT2D eigenvalue weighted by Crippen LogP contribution is 2.33. The zero-order valence-corrected chi connectivity index (χ0v) is 18.1. The molecule has 4 nitrogen and oxygen atoms in total. The van der Waals surface area contributed by atoms with Crippen molar-refractivity contribution in [3.05, 3.63) is 82.8 Å². The number of benzene rings is 2. The molecule has 0 radical (unpaired) electrons. The predicted octanol–water partition coefficient (Wildman–Crippen LogP) is 5.29. The fourth-order valence-corrected chi connectivity index (χ4v) is 5.24. The summed E-state index contributed by atoms with van der Waals surface area (Å²) in [5, 5.41) is 22.8. The summed E-state index contributed by atoms with van der Waals surface area (Å²) in [7, 11) is 0. The second kappa shape index (κ2) is 9.58. The number of thiophene rings is 1. The Hall–Kier alpha value is -2.76. The summed E-state index contributed by atoms with van der Waals surface area (Å²) in [6.07, 6.45) is 6.75. The minimum Gasteiger partial charge on any atom is -0.478 e. The Labute approximate surface area is 185 Å². The van der Waals surface area contributed by atoms with Crippen LogP contribution in [0.25, 0.3) is 10.1 Å². The first-order valence-electron chi connectivity index (χ1n) is 10.7. The van der Waals surface area contributed by atoms with E-state index in [9.17, 15) is 14.7 Å². The van der Waals surface area contributed by atoms with E-state index in [0.717, 1.165) is 30.4 Å². The van der Waals surface area contributed by atoms with E-state index in [4.69, 9.17) is 5.11 Å². The molecule has 1 fully saturated rings. The lowest BCUT2D eigenvalue weighted by Crippen LogP contribution is -2.15. The van der Waals surface area contributed by atoms with E-state index in [1.807, 2.05) is 24.3 Å². The van der Waals surface area contributed by atoms with Gasteiger partial charge in [-0.1, -0.05) is 36.4 Å². The maximum Gasteiger partial charge on any atom is 0.335 e. The molecule has 4 rings (SSSR count). The Morgan fingerprint density at radius 1 is 1.13 bits per heavy atom. The molecule has 0 saturated heterocycles. The van der Waals surface area contributed by atoms with Gasteiger partial charge in [0, 0.05) is 23.5 Å². The lowest BCUT2D eigenvalue weighted by atomic mass is 9.88. The molecule has 5 heteroatoms. The number of aliphatic hydroxyl groups excluding tert-OH is 1. The number of carbonyl (C=O) groups excluding carboxylic acids is 1. The molecule has 1 aliphatic rings. The van der Waals surface area contributed by atoms with Crippen LogP contribution in [0.15, 0.2) is 66.1 Å². The minimum atomic E-state index is -0.934. The van der Waals surface area contributed by atoms with Gasteiger partial charge in [-0.2, -0.15) is 0 Å². The minimum absolute atomic E-state index is 0.0370. The number of carbonyl (C=O) groups is 2. The van der Waals surface area contributed by atoms with Crippen LogP contribution in [-0.4, -0.2) is 28.1 Å². The number of carboxylic acid groups (broad SMARTS) is 1. The third-order valence-corrected chi connectivity index (χ3v) is 7.02. The van der Waals surface area contributed by atoms with Crippen molar-refractivity contribution in [3.63, 3.8) is 0 Å². The summed E-state index contributed by atoms with van der Waals surface area (Å²) in [5.41, 5.74) is 2.42. The Bertz CT molecular complexity index is 1100. The van der Waals surface area contributed by atoms with Crippen molar-refractivity contribution in [2.75, 3.05) is 0 Å². The number of carboxylic acids is 1. The van der Waals surface area contributed by atoms with E-state index in [1.54, 1.807) is 23.5 Å². The first kappa shape index (κ1) is 21.5. The number of aliphatic hydroxyl groups is 1. The van der Waals surface area contributed by atoms with Crippen molar-refractivity contribution in [1.82, 2.24) is 0 Å². The molecule has 1 heterocycles. The van der Waals surface area contributed by atoms with Gasteiger partial charge in [-0.25, -0.2) is 4.79 Å². The van der Waals surface area contributed by atoms with Gasteiger partial charge in [-0.15, -0.1) is 11.3 Å². The van der Waals surface area contributed by atoms with Crippen molar-refractivity contribution in [1.29, 1.82) is 0 Å². The standard InChI is InChI=1S/C26H26O4S/c27-22(15-18-3-5-20-13-14-31-25(20)16-18)10-8-19-9-12-24(28)23(19)11-4-17-1-6-21(7-2-17)26(29)30/h1-3,5-8,10,13-14,16,19,22-23,27H,4,9,11-12,15H2,(H,29,30)/t19-,22?,23+/m0/s1. The number of aryl methyl sites for hydroxylation is 1. The van der Waals surface area contributed by atoms with E-state index < -0.39 is 12.1 Å². The van der Waals surface area contributed by atoms with Crippen molar-refractivity contribution in [3.8, 4) is 0 Å². The van der Waals surface area contributed by atoms with Crippen molar-refractivity contribution < 1.29 is 19.8 Å². The van der Waals surface area contributed by atoms with E-state index in [-0.39, 0.29) is 23.2 Å². The molecule has 2 N–H and O–H groups in total. The number of Topliss-reactive ketones (excluding diaryl/α,β-unsaturated/α-hetero) is 1. The highest BCUT2D eigenvalue weighted by atomic mass is 32.1. The van der Waals surface area contributed by atoms with Gasteiger partial charge in [0.1, 0.15) is 5.78 Å². The van der Waals surface area contributed by atoms with Gasteiger partial charge in [0.15, 0.2) is 0 Å². The fraction of sp³-hybridized carbons (Fsp3) is 0.308. The van der Waals surface area contributed by atoms with Crippen LogP contribution < -0.4 is 0 Å². The summed E-state index contributed by atoms with van der Waals surface area (Å²) in [5.74, 6) is -0.531. The van der Waals surface area contributed by atoms with Gasteiger partial charge in [0.05, 0.1) is 11.7 Å². The molecule has 0 bridgehead atoms. The maximum atomic E-state index is 12.4. The second-order valence-electron chi connectivity index (χ2n) is 8.27. The summed E-state index contributed by atoms with van der Waals surface area (Å²) >= 11 is 1.70. The average Bonchev–Trinajstić information content (AvgIpc) is 3.37. The molecule has 1 aliphatic carbocycles. The molecular weight excluding hydrogens is 408 g/mol. The van der Waals surface area contributed by atoms with Crippen LogP contribution in [0.2, 0.25) is 0 Å². The van der Waals surface area contributed by atoms with E-state index in [0.29, 0.717) is 12.8 Å². The van der Waals surface area contributed by atoms with Crippen LogP contribution in [0.5, 0.6) is 0 Å². The zero-order valence-electron chi connectivity index (χ0n) is 17.2. The number of aromatic carboxylic acids is 1. The first-order valence-corrected chi connectivity index (χ1v) is 11.5. The molecule has 3 aromatic rings. The highest BCUT2D eigenvalue weighted by Gasteiger charge is 2.32. The molecule has 160 valence electrons. The van der Waals surface area contributed by atoms with Crippen LogP contribution in [0.3, 0.4) is 0 Å². The number of ketones is 1. The van der Waals surface area contributed by atoms with E-state index >= 15 is 0 Å². The van der Waals surface area contributed by atoms with E-state index in [2.05, 4.69) is 29.6 Å². The van der Waals surface area contributed by atoms with E-state index in [1.165, 1.54) is 10.1 Å². The van der Waals surface area contributed by atoms with Gasteiger partial charge in [-0.3, -0.25) is 4.79 Å². The van der Waals surface area contributed by atoms with Crippen LogP contribution in [-0.2, 0) is 17.6 Å². The van der Waals surface area contributed by atoms with Gasteiger partial charge in [0.25, 0.3) is 0 Å². The zero-order chi connectivity index (χ0) is 21.8. The average molecular weight is 435 g/mol.